The Labute approximate surface area is 100 Å². The van der Waals surface area contributed by atoms with Crippen molar-refractivity contribution in [3.8, 4) is 0 Å². The highest BCUT2D eigenvalue weighted by Gasteiger charge is 2.33. The van der Waals surface area contributed by atoms with E-state index in [2.05, 4.69) is 5.10 Å². The summed E-state index contributed by atoms with van der Waals surface area (Å²) >= 11 is 0. The number of aromatic nitrogens is 2. The Kier molecular flexibility index (Phi) is 2.94. The summed E-state index contributed by atoms with van der Waals surface area (Å²) in [6.45, 7) is 0. The summed E-state index contributed by atoms with van der Waals surface area (Å²) < 4.78 is 24.3. The second kappa shape index (κ2) is 4.14. The lowest BCUT2D eigenvalue weighted by Crippen LogP contribution is -2.37. The first-order chi connectivity index (χ1) is 7.89. The third-order valence-corrected chi connectivity index (χ3v) is 4.78. The van der Waals surface area contributed by atoms with Crippen LogP contribution >= 0.6 is 0 Å². The molecule has 0 aromatic carbocycles. The number of hydrogen-bond acceptors (Lipinski definition) is 4. The van der Waals surface area contributed by atoms with Crippen molar-refractivity contribution in [2.75, 3.05) is 18.6 Å². The number of sulfone groups is 1. The van der Waals surface area contributed by atoms with E-state index >= 15 is 0 Å². The molecule has 2 heterocycles. The van der Waals surface area contributed by atoms with Gasteiger partial charge >= 0.3 is 0 Å². The van der Waals surface area contributed by atoms with Gasteiger partial charge in [-0.2, -0.15) is 5.10 Å². The number of rotatable bonds is 2. The van der Waals surface area contributed by atoms with E-state index < -0.39 is 9.84 Å². The maximum atomic E-state index is 12.0. The molecule has 2 rings (SSSR count). The number of nitrogens with zero attached hydrogens (tertiary/aromatic N) is 3. The van der Waals surface area contributed by atoms with Gasteiger partial charge in [-0.05, 0) is 6.42 Å². The van der Waals surface area contributed by atoms with Crippen LogP contribution in [0.15, 0.2) is 12.4 Å². The van der Waals surface area contributed by atoms with Crippen molar-refractivity contribution in [2.45, 2.75) is 12.5 Å². The van der Waals surface area contributed by atoms with E-state index in [1.165, 1.54) is 11.1 Å². The molecule has 0 radical (unpaired) electrons. The standard InChI is InChI=1S/C10H15N3O3S/c1-12-6-8(5-11-12)10(14)13(2)9-3-4-17(15,16)7-9/h5-6,9H,3-4,7H2,1-2H3/t9-/m0/s1. The highest BCUT2D eigenvalue weighted by molar-refractivity contribution is 7.91. The van der Waals surface area contributed by atoms with E-state index in [0.717, 1.165) is 0 Å². The summed E-state index contributed by atoms with van der Waals surface area (Å²) in [7, 11) is 0.407. The molecule has 0 unspecified atom stereocenters. The Morgan fingerprint density at radius 3 is 2.76 bits per heavy atom. The van der Waals surface area contributed by atoms with Gasteiger partial charge in [0.15, 0.2) is 9.84 Å². The van der Waals surface area contributed by atoms with Crippen molar-refractivity contribution < 1.29 is 13.2 Å². The van der Waals surface area contributed by atoms with E-state index in [9.17, 15) is 13.2 Å². The highest BCUT2D eigenvalue weighted by Crippen LogP contribution is 2.18. The first-order valence-electron chi connectivity index (χ1n) is 5.35. The normalized spacial score (nSPS) is 22.6. The van der Waals surface area contributed by atoms with Gasteiger partial charge in [-0.25, -0.2) is 8.42 Å². The van der Waals surface area contributed by atoms with Crippen LogP contribution in [0.25, 0.3) is 0 Å². The van der Waals surface area contributed by atoms with Crippen LogP contribution in [-0.4, -0.2) is 53.6 Å². The average Bonchev–Trinajstić information content (AvgIpc) is 2.82. The molecule has 1 saturated heterocycles. The topological polar surface area (TPSA) is 72.3 Å². The molecule has 7 heteroatoms. The summed E-state index contributed by atoms with van der Waals surface area (Å²) in [6, 6.07) is -0.215. The van der Waals surface area contributed by atoms with Gasteiger partial charge in [0, 0.05) is 26.3 Å². The second-order valence-electron chi connectivity index (χ2n) is 4.38. The number of amides is 1. The van der Waals surface area contributed by atoms with Crippen molar-refractivity contribution in [3.05, 3.63) is 18.0 Å². The SMILES string of the molecule is CN(C(=O)c1cnn(C)c1)[C@H]1CCS(=O)(=O)C1. The fraction of sp³-hybridized carbons (Fsp3) is 0.600. The Morgan fingerprint density at radius 1 is 1.59 bits per heavy atom. The van der Waals surface area contributed by atoms with Crippen molar-refractivity contribution >= 4 is 15.7 Å². The summed E-state index contributed by atoms with van der Waals surface area (Å²) in [5, 5.41) is 3.93. The van der Waals surface area contributed by atoms with Crippen LogP contribution in [0.4, 0.5) is 0 Å². The first-order valence-corrected chi connectivity index (χ1v) is 7.17. The van der Waals surface area contributed by atoms with Gasteiger partial charge in [-0.3, -0.25) is 9.48 Å². The largest absolute Gasteiger partial charge is 0.338 e. The Hall–Kier alpha value is -1.37. The van der Waals surface area contributed by atoms with Crippen LogP contribution < -0.4 is 0 Å². The molecule has 1 atom stereocenters. The zero-order valence-electron chi connectivity index (χ0n) is 9.83. The lowest BCUT2D eigenvalue weighted by molar-refractivity contribution is 0.0747. The van der Waals surface area contributed by atoms with Crippen molar-refractivity contribution in [1.82, 2.24) is 14.7 Å². The van der Waals surface area contributed by atoms with Gasteiger partial charge in [0.1, 0.15) is 0 Å². The molecule has 0 bridgehead atoms. The molecule has 1 aliphatic heterocycles. The molecule has 0 spiro atoms. The molecule has 1 amide bonds. The predicted octanol–water partition coefficient (Wildman–Crippen LogP) is -0.321. The number of hydrogen-bond donors (Lipinski definition) is 0. The van der Waals surface area contributed by atoms with E-state index in [4.69, 9.17) is 0 Å². The predicted molar refractivity (Wildman–Crippen MR) is 62.4 cm³/mol. The van der Waals surface area contributed by atoms with Crippen LogP contribution in [0.5, 0.6) is 0 Å². The molecule has 1 fully saturated rings. The van der Waals surface area contributed by atoms with Gasteiger partial charge < -0.3 is 4.90 Å². The number of aryl methyl sites for hydroxylation is 1. The molecule has 1 aromatic rings. The molecule has 94 valence electrons. The molecule has 0 saturated carbocycles. The van der Waals surface area contributed by atoms with Gasteiger partial charge in [0.05, 0.1) is 23.3 Å². The fourth-order valence-corrected chi connectivity index (χ4v) is 3.76. The molecule has 6 nitrogen and oxygen atoms in total. The van der Waals surface area contributed by atoms with Crippen LogP contribution in [0, 0.1) is 0 Å². The zero-order valence-corrected chi connectivity index (χ0v) is 10.6. The van der Waals surface area contributed by atoms with E-state index in [1.807, 2.05) is 0 Å². The summed E-state index contributed by atoms with van der Waals surface area (Å²) in [4.78, 5) is 13.5. The number of carbonyl (C=O) groups excluding carboxylic acids is 1. The number of carbonyl (C=O) groups is 1. The van der Waals surface area contributed by atoms with E-state index in [1.54, 1.807) is 25.0 Å². The second-order valence-corrected chi connectivity index (χ2v) is 6.60. The molecular formula is C10H15N3O3S. The van der Waals surface area contributed by atoms with Crippen LogP contribution in [0.1, 0.15) is 16.8 Å². The van der Waals surface area contributed by atoms with E-state index in [-0.39, 0.29) is 23.5 Å². The van der Waals surface area contributed by atoms with E-state index in [0.29, 0.717) is 12.0 Å². The molecule has 17 heavy (non-hydrogen) atoms. The first kappa shape index (κ1) is 12.1. The van der Waals surface area contributed by atoms with Gasteiger partial charge in [0.25, 0.3) is 5.91 Å². The fourth-order valence-electron chi connectivity index (χ4n) is 1.98. The van der Waals surface area contributed by atoms with Gasteiger partial charge in [-0.15, -0.1) is 0 Å². The Balaban J connectivity index is 2.11. The third-order valence-electron chi connectivity index (χ3n) is 3.03. The Bertz CT molecular complexity index is 535. The maximum absolute atomic E-state index is 12.0. The molecular weight excluding hydrogens is 242 g/mol. The lowest BCUT2D eigenvalue weighted by atomic mass is 10.2. The van der Waals surface area contributed by atoms with Crippen LogP contribution in [0.2, 0.25) is 0 Å². The summed E-state index contributed by atoms with van der Waals surface area (Å²) in [5.41, 5.74) is 0.485. The minimum atomic E-state index is -2.97. The quantitative estimate of drug-likeness (QED) is 0.728. The minimum absolute atomic E-state index is 0.0650. The zero-order chi connectivity index (χ0) is 12.6. The summed E-state index contributed by atoms with van der Waals surface area (Å²) in [5.74, 6) is 0.0536. The third kappa shape index (κ3) is 2.49. The molecule has 1 aromatic heterocycles. The van der Waals surface area contributed by atoms with Crippen molar-refractivity contribution in [3.63, 3.8) is 0 Å². The Morgan fingerprint density at radius 2 is 2.29 bits per heavy atom. The maximum Gasteiger partial charge on any atom is 0.257 e. The molecule has 1 aliphatic rings. The lowest BCUT2D eigenvalue weighted by Gasteiger charge is -2.22. The average molecular weight is 257 g/mol. The van der Waals surface area contributed by atoms with Gasteiger partial charge in [0.2, 0.25) is 0 Å². The highest BCUT2D eigenvalue weighted by atomic mass is 32.2. The summed E-state index contributed by atoms with van der Waals surface area (Å²) in [6.07, 6.45) is 3.63. The van der Waals surface area contributed by atoms with Crippen LogP contribution in [0.3, 0.4) is 0 Å². The molecule has 0 aliphatic carbocycles. The van der Waals surface area contributed by atoms with Crippen molar-refractivity contribution in [1.29, 1.82) is 0 Å². The smallest absolute Gasteiger partial charge is 0.257 e. The minimum Gasteiger partial charge on any atom is -0.338 e. The van der Waals surface area contributed by atoms with Crippen LogP contribution in [-0.2, 0) is 16.9 Å². The van der Waals surface area contributed by atoms with Gasteiger partial charge in [-0.1, -0.05) is 0 Å². The monoisotopic (exact) mass is 257 g/mol. The molecule has 0 N–H and O–H groups in total. The van der Waals surface area contributed by atoms with Crippen molar-refractivity contribution in [2.24, 2.45) is 7.05 Å².